The smallest absolute Gasteiger partial charge is 0.305 e. The number of hydrogen-bond donors (Lipinski definition) is 3. The number of amides is 1. The Morgan fingerprint density at radius 3 is 2.86 bits per heavy atom. The van der Waals surface area contributed by atoms with Gasteiger partial charge in [0, 0.05) is 5.70 Å². The van der Waals surface area contributed by atoms with Crippen molar-refractivity contribution in [3.8, 4) is 0 Å². The number of rotatable bonds is 9. The van der Waals surface area contributed by atoms with Crippen molar-refractivity contribution in [1.82, 2.24) is 10.7 Å². The average molecular weight is 313 g/mol. The molecule has 0 bridgehead atoms. The molecular formula is C14H23N3O3S. The summed E-state index contributed by atoms with van der Waals surface area (Å²) < 4.78 is 0. The molecule has 0 aliphatic carbocycles. The Morgan fingerprint density at radius 1 is 1.48 bits per heavy atom. The van der Waals surface area contributed by atoms with Crippen molar-refractivity contribution in [3.05, 3.63) is 11.8 Å². The summed E-state index contributed by atoms with van der Waals surface area (Å²) in [6.07, 6.45) is 7.09. The number of thioether (sulfide) groups is 1. The minimum absolute atomic E-state index is 0.191. The third-order valence-corrected chi connectivity index (χ3v) is 4.00. The highest BCUT2D eigenvalue weighted by Gasteiger charge is 2.32. The fourth-order valence-electron chi connectivity index (χ4n) is 1.76. The number of carboxylic acids is 1. The fourth-order valence-corrected chi connectivity index (χ4v) is 2.68. The molecule has 1 aliphatic rings. The lowest BCUT2D eigenvalue weighted by Crippen LogP contribution is -2.27. The number of nitrogens with zero attached hydrogens (tertiary/aromatic N) is 1. The first-order valence-corrected chi connectivity index (χ1v) is 8.16. The van der Waals surface area contributed by atoms with Crippen LogP contribution < -0.4 is 10.7 Å². The highest BCUT2D eigenvalue weighted by atomic mass is 32.2. The Balaban J connectivity index is 2.57. The lowest BCUT2D eigenvalue weighted by molar-refractivity contribution is -0.138. The summed E-state index contributed by atoms with van der Waals surface area (Å²) in [7, 11) is 0. The predicted octanol–water partition coefficient (Wildman–Crippen LogP) is 2.43. The molecule has 0 radical (unpaired) electrons. The summed E-state index contributed by atoms with van der Waals surface area (Å²) in [5.41, 5.74) is 4.04. The number of hydrogen-bond acceptors (Lipinski definition) is 5. The van der Waals surface area contributed by atoms with Gasteiger partial charge in [0.15, 0.2) is 5.17 Å². The van der Waals surface area contributed by atoms with Crippen LogP contribution in [0.1, 0.15) is 52.4 Å². The number of carboxylic acid groups (broad SMARTS) is 1. The van der Waals surface area contributed by atoms with Gasteiger partial charge in [0.05, 0.1) is 6.42 Å². The number of amidine groups is 1. The molecule has 118 valence electrons. The summed E-state index contributed by atoms with van der Waals surface area (Å²) in [5, 5.41) is 15.3. The molecule has 3 N–H and O–H groups in total. The van der Waals surface area contributed by atoms with Crippen LogP contribution in [0, 0.1) is 0 Å². The van der Waals surface area contributed by atoms with Crippen LogP contribution in [-0.2, 0) is 9.59 Å². The van der Waals surface area contributed by atoms with E-state index >= 15 is 0 Å². The van der Waals surface area contributed by atoms with E-state index in [1.165, 1.54) is 0 Å². The maximum Gasteiger partial charge on any atom is 0.305 e. The molecule has 1 aliphatic heterocycles. The van der Waals surface area contributed by atoms with Crippen LogP contribution in [0.15, 0.2) is 16.9 Å². The molecule has 1 heterocycles. The molecule has 0 spiro atoms. The van der Waals surface area contributed by atoms with E-state index in [1.807, 2.05) is 0 Å². The first-order chi connectivity index (χ1) is 10.1. The van der Waals surface area contributed by atoms with Crippen LogP contribution in [0.2, 0.25) is 0 Å². The zero-order chi connectivity index (χ0) is 15.7. The number of hydrazone groups is 1. The maximum absolute atomic E-state index is 11.6. The zero-order valence-corrected chi connectivity index (χ0v) is 13.3. The molecule has 1 saturated heterocycles. The third-order valence-electron chi connectivity index (χ3n) is 2.92. The van der Waals surface area contributed by atoms with Crippen LogP contribution in [0.25, 0.3) is 0 Å². The Bertz CT molecular complexity index is 435. The highest BCUT2D eigenvalue weighted by Crippen LogP contribution is 2.22. The zero-order valence-electron chi connectivity index (χ0n) is 12.5. The standard InChI is InChI=1S/C14H23N3O3S/c1-3-5-7-10(8-6-4-2)16-17-14-15-13(20)11(21-14)9-12(18)19/h7,11,16H,3-6,8-9H2,1-2H3,(H,18,19)(H,15,17,20). The van der Waals surface area contributed by atoms with Gasteiger partial charge in [-0.05, 0) is 19.3 Å². The number of carbonyl (C=O) groups is 2. The Kier molecular flexibility index (Phi) is 7.89. The molecule has 0 aromatic heterocycles. The monoisotopic (exact) mass is 313 g/mol. The molecule has 6 nitrogen and oxygen atoms in total. The van der Waals surface area contributed by atoms with Crippen molar-refractivity contribution >= 4 is 28.8 Å². The van der Waals surface area contributed by atoms with Crippen molar-refractivity contribution in [2.45, 2.75) is 57.6 Å². The minimum Gasteiger partial charge on any atom is -0.481 e. The topological polar surface area (TPSA) is 90.8 Å². The van der Waals surface area contributed by atoms with Gasteiger partial charge in [-0.15, -0.1) is 0 Å². The number of carbonyl (C=O) groups excluding carboxylic acids is 1. The van der Waals surface area contributed by atoms with Gasteiger partial charge < -0.3 is 10.4 Å². The van der Waals surface area contributed by atoms with Gasteiger partial charge in [0.25, 0.3) is 0 Å². The molecule has 0 saturated carbocycles. The number of unbranched alkanes of at least 4 members (excludes halogenated alkanes) is 2. The third kappa shape index (κ3) is 6.66. The summed E-state index contributed by atoms with van der Waals surface area (Å²) in [5.74, 6) is -1.28. The largest absolute Gasteiger partial charge is 0.481 e. The van der Waals surface area contributed by atoms with Crippen LogP contribution in [-0.4, -0.2) is 27.4 Å². The Morgan fingerprint density at radius 2 is 2.24 bits per heavy atom. The normalized spacial score (nSPS) is 20.7. The first-order valence-electron chi connectivity index (χ1n) is 7.28. The van der Waals surface area contributed by atoms with E-state index in [0.29, 0.717) is 5.17 Å². The molecule has 1 atom stereocenters. The summed E-state index contributed by atoms with van der Waals surface area (Å²) in [6.45, 7) is 4.25. The van der Waals surface area contributed by atoms with Gasteiger partial charge >= 0.3 is 5.97 Å². The first kappa shape index (κ1) is 17.6. The van der Waals surface area contributed by atoms with E-state index in [-0.39, 0.29) is 12.3 Å². The SMILES string of the molecule is CCCC=C(CCCC)N/N=C1/NC(=O)C(CC(=O)O)S1. The number of aliphatic carboxylic acids is 1. The second-order valence-electron chi connectivity index (χ2n) is 4.84. The van der Waals surface area contributed by atoms with Crippen molar-refractivity contribution in [1.29, 1.82) is 0 Å². The molecular weight excluding hydrogens is 290 g/mol. The van der Waals surface area contributed by atoms with E-state index in [1.54, 1.807) is 0 Å². The second-order valence-corrected chi connectivity index (χ2v) is 6.04. The summed E-state index contributed by atoms with van der Waals surface area (Å²) in [4.78, 5) is 22.2. The predicted molar refractivity (Wildman–Crippen MR) is 84.9 cm³/mol. The van der Waals surface area contributed by atoms with Crippen LogP contribution in [0.4, 0.5) is 0 Å². The van der Waals surface area contributed by atoms with Gasteiger partial charge in [-0.2, -0.15) is 5.10 Å². The summed E-state index contributed by atoms with van der Waals surface area (Å²) >= 11 is 1.16. The van der Waals surface area contributed by atoms with Crippen molar-refractivity contribution < 1.29 is 14.7 Å². The van der Waals surface area contributed by atoms with Gasteiger partial charge in [-0.3, -0.25) is 15.0 Å². The van der Waals surface area contributed by atoms with Crippen molar-refractivity contribution in [2.24, 2.45) is 5.10 Å². The summed E-state index contributed by atoms with van der Waals surface area (Å²) in [6, 6.07) is 0. The highest BCUT2D eigenvalue weighted by molar-refractivity contribution is 8.15. The molecule has 7 heteroatoms. The van der Waals surface area contributed by atoms with E-state index in [9.17, 15) is 9.59 Å². The van der Waals surface area contributed by atoms with Crippen LogP contribution in [0.5, 0.6) is 0 Å². The van der Waals surface area contributed by atoms with Gasteiger partial charge in [-0.25, -0.2) is 0 Å². The fraction of sp³-hybridized carbons (Fsp3) is 0.643. The Hall–Kier alpha value is -1.50. The average Bonchev–Trinajstić information content (AvgIpc) is 2.77. The van der Waals surface area contributed by atoms with E-state index in [4.69, 9.17) is 5.11 Å². The molecule has 1 unspecified atom stereocenters. The number of nitrogens with one attached hydrogen (secondary N) is 2. The molecule has 0 aromatic carbocycles. The van der Waals surface area contributed by atoms with Crippen molar-refractivity contribution in [2.75, 3.05) is 0 Å². The molecule has 21 heavy (non-hydrogen) atoms. The maximum atomic E-state index is 11.6. The Labute approximate surface area is 129 Å². The van der Waals surface area contributed by atoms with Gasteiger partial charge in [0.2, 0.25) is 5.91 Å². The van der Waals surface area contributed by atoms with Gasteiger partial charge in [-0.1, -0.05) is 44.5 Å². The van der Waals surface area contributed by atoms with E-state index in [0.717, 1.165) is 49.6 Å². The lowest BCUT2D eigenvalue weighted by Gasteiger charge is -2.07. The van der Waals surface area contributed by atoms with Crippen molar-refractivity contribution in [3.63, 3.8) is 0 Å². The number of allylic oxidation sites excluding steroid dienone is 2. The minimum atomic E-state index is -0.983. The van der Waals surface area contributed by atoms with Crippen LogP contribution in [0.3, 0.4) is 0 Å². The second kappa shape index (κ2) is 9.44. The molecule has 1 amide bonds. The molecule has 1 rings (SSSR count). The van der Waals surface area contributed by atoms with Gasteiger partial charge in [0.1, 0.15) is 5.25 Å². The molecule has 1 fully saturated rings. The lowest BCUT2D eigenvalue weighted by atomic mass is 10.2. The quantitative estimate of drug-likeness (QED) is 0.569. The van der Waals surface area contributed by atoms with E-state index < -0.39 is 11.2 Å². The molecule has 0 aromatic rings. The van der Waals surface area contributed by atoms with E-state index in [2.05, 4.69) is 35.8 Å². The van der Waals surface area contributed by atoms with Crippen LogP contribution >= 0.6 is 11.8 Å².